The third-order valence-electron chi connectivity index (χ3n) is 5.77. The van der Waals surface area contributed by atoms with E-state index in [1.165, 1.54) is 0 Å². The maximum atomic E-state index is 5.86. The van der Waals surface area contributed by atoms with Gasteiger partial charge in [0.25, 0.3) is 0 Å². The molecule has 0 saturated carbocycles. The molecule has 5 rings (SSSR count). The lowest BCUT2D eigenvalue weighted by molar-refractivity contribution is 0.394. The fraction of sp³-hybridized carbons (Fsp3) is 0.160. The minimum atomic E-state index is -0.183. The quantitative estimate of drug-likeness (QED) is 0.429. The topological polar surface area (TPSA) is 64.4 Å². The van der Waals surface area contributed by atoms with Gasteiger partial charge in [0, 0.05) is 42.2 Å². The lowest BCUT2D eigenvalue weighted by atomic mass is 10.0. The number of nitrogens with zero attached hydrogens (tertiary/aromatic N) is 4. The van der Waals surface area contributed by atoms with Crippen LogP contribution in [-0.4, -0.2) is 33.9 Å². The average molecular weight is 458 g/mol. The van der Waals surface area contributed by atoms with Crippen molar-refractivity contribution in [3.05, 3.63) is 96.8 Å². The zero-order chi connectivity index (χ0) is 22.8. The van der Waals surface area contributed by atoms with E-state index >= 15 is 0 Å². The minimum absolute atomic E-state index is 0.166. The zero-order valence-electron chi connectivity index (χ0n) is 18.3. The van der Waals surface area contributed by atoms with Crippen LogP contribution in [0.1, 0.15) is 23.5 Å². The normalized spacial score (nSPS) is 17.6. The summed E-state index contributed by atoms with van der Waals surface area (Å²) >= 11 is 5.86. The molecule has 0 spiro atoms. The maximum Gasteiger partial charge on any atom is 0.174 e. The van der Waals surface area contributed by atoms with Crippen molar-refractivity contribution in [2.45, 2.75) is 12.1 Å². The van der Waals surface area contributed by atoms with Gasteiger partial charge in [-0.05, 0) is 60.7 Å². The van der Waals surface area contributed by atoms with Gasteiger partial charge in [-0.25, -0.2) is 0 Å². The predicted molar refractivity (Wildman–Crippen MR) is 131 cm³/mol. The number of pyridine rings is 2. The number of benzene rings is 1. The molecule has 2 atom stereocenters. The summed E-state index contributed by atoms with van der Waals surface area (Å²) in [6, 6.07) is 19.4. The first-order valence-corrected chi connectivity index (χ1v) is 10.9. The van der Waals surface area contributed by atoms with Gasteiger partial charge in [0.05, 0.1) is 31.6 Å². The molecule has 33 heavy (non-hydrogen) atoms. The molecular weight excluding hydrogens is 434 g/mol. The van der Waals surface area contributed by atoms with Gasteiger partial charge in [-0.1, -0.05) is 6.07 Å². The molecule has 166 valence electrons. The van der Waals surface area contributed by atoms with Crippen molar-refractivity contribution in [1.29, 1.82) is 0 Å². The minimum Gasteiger partial charge on any atom is -0.497 e. The van der Waals surface area contributed by atoms with Crippen LogP contribution in [0.25, 0.3) is 5.69 Å². The average Bonchev–Trinajstić information content (AvgIpc) is 3.49. The van der Waals surface area contributed by atoms with E-state index in [1.807, 2.05) is 60.8 Å². The van der Waals surface area contributed by atoms with E-state index < -0.39 is 0 Å². The summed E-state index contributed by atoms with van der Waals surface area (Å²) in [5.74, 6) is 1.39. The third-order valence-corrected chi connectivity index (χ3v) is 6.08. The van der Waals surface area contributed by atoms with Crippen molar-refractivity contribution in [1.82, 2.24) is 19.9 Å². The third kappa shape index (κ3) is 3.78. The molecule has 0 radical (unpaired) electrons. The summed E-state index contributed by atoms with van der Waals surface area (Å²) in [6.45, 7) is 0. The summed E-state index contributed by atoms with van der Waals surface area (Å²) in [6.07, 6.45) is 7.43. The maximum absolute atomic E-state index is 5.86. The molecule has 1 aliphatic rings. The van der Waals surface area contributed by atoms with Gasteiger partial charge in [0.15, 0.2) is 5.11 Å². The number of thiocarbonyl (C=S) groups is 1. The molecule has 1 aromatic carbocycles. The van der Waals surface area contributed by atoms with Gasteiger partial charge in [0.2, 0.25) is 0 Å². The van der Waals surface area contributed by atoms with E-state index in [0.29, 0.717) is 16.6 Å². The molecule has 7 nitrogen and oxygen atoms in total. The molecule has 3 aromatic heterocycles. The van der Waals surface area contributed by atoms with Gasteiger partial charge < -0.3 is 24.3 Å². The number of ether oxygens (including phenoxy) is 2. The van der Waals surface area contributed by atoms with Crippen molar-refractivity contribution < 1.29 is 9.47 Å². The van der Waals surface area contributed by atoms with Crippen LogP contribution in [0.3, 0.4) is 0 Å². The lowest BCUT2D eigenvalue weighted by Crippen LogP contribution is -2.30. The Morgan fingerprint density at radius 2 is 1.79 bits per heavy atom. The first kappa shape index (κ1) is 21.0. The van der Waals surface area contributed by atoms with Gasteiger partial charge in [-0.2, -0.15) is 0 Å². The lowest BCUT2D eigenvalue weighted by Gasteiger charge is -2.30. The molecule has 1 fully saturated rings. The zero-order valence-corrected chi connectivity index (χ0v) is 19.1. The molecule has 1 N–H and O–H groups in total. The fourth-order valence-corrected chi connectivity index (χ4v) is 4.61. The Morgan fingerprint density at radius 1 is 0.939 bits per heavy atom. The summed E-state index contributed by atoms with van der Waals surface area (Å²) < 4.78 is 13.3. The second-order valence-corrected chi connectivity index (χ2v) is 7.93. The first-order valence-electron chi connectivity index (χ1n) is 10.5. The van der Waals surface area contributed by atoms with Crippen LogP contribution in [-0.2, 0) is 0 Å². The monoisotopic (exact) mass is 457 g/mol. The molecule has 1 aliphatic heterocycles. The number of aromatic nitrogens is 3. The summed E-state index contributed by atoms with van der Waals surface area (Å²) in [5, 5.41) is 4.10. The highest BCUT2D eigenvalue weighted by Crippen LogP contribution is 2.45. The van der Waals surface area contributed by atoms with Gasteiger partial charge >= 0.3 is 0 Å². The fourth-order valence-electron chi connectivity index (χ4n) is 4.27. The van der Waals surface area contributed by atoms with E-state index in [1.54, 1.807) is 32.8 Å². The Bertz CT molecular complexity index is 1260. The van der Waals surface area contributed by atoms with Crippen molar-refractivity contribution in [3.63, 3.8) is 0 Å². The Hall–Kier alpha value is -3.91. The van der Waals surface area contributed by atoms with E-state index in [-0.39, 0.29) is 12.1 Å². The van der Waals surface area contributed by atoms with Crippen LogP contribution in [0.15, 0.2) is 85.5 Å². The van der Waals surface area contributed by atoms with Gasteiger partial charge in [-0.3, -0.25) is 9.97 Å². The number of methoxy groups -OCH3 is 2. The van der Waals surface area contributed by atoms with Crippen LogP contribution in [0, 0.1) is 0 Å². The van der Waals surface area contributed by atoms with E-state index in [9.17, 15) is 0 Å². The van der Waals surface area contributed by atoms with Crippen LogP contribution in [0.5, 0.6) is 11.5 Å². The SMILES string of the molecule is COc1ccc(N2C(=S)NC(c3ccccn3)C2c2cccn2-c2ccncc2)c(OC)c1. The van der Waals surface area contributed by atoms with Crippen LogP contribution in [0.4, 0.5) is 5.69 Å². The van der Waals surface area contributed by atoms with E-state index in [0.717, 1.165) is 22.8 Å². The van der Waals surface area contributed by atoms with Crippen molar-refractivity contribution in [2.75, 3.05) is 19.1 Å². The number of hydrogen-bond donors (Lipinski definition) is 1. The number of rotatable bonds is 6. The Labute approximate surface area is 197 Å². The van der Waals surface area contributed by atoms with Crippen LogP contribution in [0.2, 0.25) is 0 Å². The van der Waals surface area contributed by atoms with E-state index in [2.05, 4.69) is 30.8 Å². The van der Waals surface area contributed by atoms with Crippen molar-refractivity contribution >= 4 is 23.0 Å². The highest BCUT2D eigenvalue weighted by Gasteiger charge is 2.43. The molecule has 4 aromatic rings. The largest absolute Gasteiger partial charge is 0.497 e. The number of hydrogen-bond acceptors (Lipinski definition) is 5. The van der Waals surface area contributed by atoms with E-state index in [4.69, 9.17) is 21.7 Å². The Kier molecular flexibility index (Phi) is 5.66. The van der Waals surface area contributed by atoms with Gasteiger partial charge in [-0.15, -0.1) is 0 Å². The summed E-state index contributed by atoms with van der Waals surface area (Å²) in [7, 11) is 3.29. The molecule has 0 aliphatic carbocycles. The molecule has 0 bridgehead atoms. The van der Waals surface area contributed by atoms with Crippen molar-refractivity contribution in [3.8, 4) is 17.2 Å². The van der Waals surface area contributed by atoms with Crippen LogP contribution < -0.4 is 19.7 Å². The second kappa shape index (κ2) is 8.91. The number of nitrogens with one attached hydrogen (secondary N) is 1. The Morgan fingerprint density at radius 3 is 2.52 bits per heavy atom. The smallest absolute Gasteiger partial charge is 0.174 e. The van der Waals surface area contributed by atoms with Crippen LogP contribution >= 0.6 is 12.2 Å². The number of anilines is 1. The molecule has 2 unspecified atom stereocenters. The highest BCUT2D eigenvalue weighted by molar-refractivity contribution is 7.80. The standard InChI is InChI=1S/C25H23N5O2S/c1-31-18-8-9-20(22(16-18)32-2)30-24(23(28-25(30)33)19-6-3-4-12-27-19)21-7-5-15-29(21)17-10-13-26-14-11-17/h3-16,23-24H,1-2H3,(H,28,33). The molecule has 4 heterocycles. The first-order chi connectivity index (χ1) is 16.2. The highest BCUT2D eigenvalue weighted by atomic mass is 32.1. The molecular formula is C25H23N5O2S. The Balaban J connectivity index is 1.69. The summed E-state index contributed by atoms with van der Waals surface area (Å²) in [5.41, 5.74) is 3.83. The van der Waals surface area contributed by atoms with Crippen molar-refractivity contribution in [2.24, 2.45) is 0 Å². The molecule has 1 saturated heterocycles. The molecule has 0 amide bonds. The summed E-state index contributed by atoms with van der Waals surface area (Å²) in [4.78, 5) is 10.9. The predicted octanol–water partition coefficient (Wildman–Crippen LogP) is 4.46. The molecule has 8 heteroatoms. The van der Waals surface area contributed by atoms with Gasteiger partial charge in [0.1, 0.15) is 17.5 Å². The second-order valence-electron chi connectivity index (χ2n) is 7.54.